The van der Waals surface area contributed by atoms with Crippen LogP contribution in [0.4, 0.5) is 5.69 Å². The fourth-order valence-corrected chi connectivity index (χ4v) is 6.51. The molecule has 2 heterocycles. The molecular formula is C26H28ClN5O3S. The number of para-hydroxylation sites is 1. The van der Waals surface area contributed by atoms with E-state index in [0.29, 0.717) is 44.0 Å². The van der Waals surface area contributed by atoms with Crippen molar-refractivity contribution in [2.45, 2.75) is 30.8 Å². The van der Waals surface area contributed by atoms with E-state index in [1.807, 2.05) is 30.3 Å². The summed E-state index contributed by atoms with van der Waals surface area (Å²) in [5.41, 5.74) is 2.03. The Labute approximate surface area is 216 Å². The SMILES string of the molecule is Cc1cccc(Cl)c1S(=O)(=O)NC(CCn1cccc1C#N)C(=O)N1CCN(c2ccccc2)CC1. The molecule has 10 heteroatoms. The van der Waals surface area contributed by atoms with Crippen LogP contribution in [0.25, 0.3) is 0 Å². The van der Waals surface area contributed by atoms with Crippen LogP contribution in [-0.4, -0.2) is 56.0 Å². The molecule has 0 spiro atoms. The third-order valence-corrected chi connectivity index (χ3v) is 8.44. The van der Waals surface area contributed by atoms with E-state index in [2.05, 4.69) is 15.7 Å². The van der Waals surface area contributed by atoms with Crippen molar-refractivity contribution < 1.29 is 13.2 Å². The fraction of sp³-hybridized carbons (Fsp3) is 0.308. The van der Waals surface area contributed by atoms with Crippen LogP contribution in [0.5, 0.6) is 0 Å². The highest BCUT2D eigenvalue weighted by Gasteiger charge is 2.32. The van der Waals surface area contributed by atoms with Crippen molar-refractivity contribution in [3.63, 3.8) is 0 Å². The zero-order chi connectivity index (χ0) is 25.7. The summed E-state index contributed by atoms with van der Waals surface area (Å²) in [6.07, 6.45) is 1.93. The van der Waals surface area contributed by atoms with Crippen molar-refractivity contribution in [2.24, 2.45) is 0 Å². The minimum absolute atomic E-state index is 0.0305. The maximum atomic E-state index is 13.6. The molecule has 0 radical (unpaired) electrons. The third kappa shape index (κ3) is 5.73. The Morgan fingerprint density at radius 3 is 2.44 bits per heavy atom. The van der Waals surface area contributed by atoms with Crippen LogP contribution in [0.2, 0.25) is 5.02 Å². The van der Waals surface area contributed by atoms with E-state index in [-0.39, 0.29) is 22.2 Å². The first kappa shape index (κ1) is 25.8. The predicted octanol–water partition coefficient (Wildman–Crippen LogP) is 3.41. The number of nitriles is 1. The summed E-state index contributed by atoms with van der Waals surface area (Å²) >= 11 is 6.24. The Morgan fingerprint density at radius 2 is 1.78 bits per heavy atom. The van der Waals surface area contributed by atoms with Gasteiger partial charge in [0.2, 0.25) is 15.9 Å². The maximum absolute atomic E-state index is 13.6. The summed E-state index contributed by atoms with van der Waals surface area (Å²) < 4.78 is 31.0. The summed E-state index contributed by atoms with van der Waals surface area (Å²) in [7, 11) is -4.08. The van der Waals surface area contributed by atoms with Crippen molar-refractivity contribution in [2.75, 3.05) is 31.1 Å². The second-order valence-electron chi connectivity index (χ2n) is 8.69. The molecule has 1 aliphatic rings. The molecule has 1 amide bonds. The van der Waals surface area contributed by atoms with E-state index >= 15 is 0 Å². The van der Waals surface area contributed by atoms with Crippen LogP contribution in [0, 0.1) is 18.3 Å². The van der Waals surface area contributed by atoms with Gasteiger partial charge in [-0.15, -0.1) is 0 Å². The van der Waals surface area contributed by atoms with Crippen LogP contribution in [0.15, 0.2) is 71.8 Å². The van der Waals surface area contributed by atoms with Crippen molar-refractivity contribution in [3.8, 4) is 6.07 Å². The number of aromatic nitrogens is 1. The molecule has 8 nitrogen and oxygen atoms in total. The summed E-state index contributed by atoms with van der Waals surface area (Å²) in [6.45, 7) is 4.22. The summed E-state index contributed by atoms with van der Waals surface area (Å²) in [4.78, 5) is 17.5. The van der Waals surface area contributed by atoms with E-state index in [4.69, 9.17) is 11.6 Å². The number of aryl methyl sites for hydroxylation is 2. The van der Waals surface area contributed by atoms with Crippen molar-refractivity contribution in [1.82, 2.24) is 14.2 Å². The summed E-state index contributed by atoms with van der Waals surface area (Å²) in [5.74, 6) is -0.290. The summed E-state index contributed by atoms with van der Waals surface area (Å²) in [5, 5.41) is 9.42. The first-order valence-corrected chi connectivity index (χ1v) is 13.6. The molecule has 1 unspecified atom stereocenters. The van der Waals surface area contributed by atoms with E-state index in [1.165, 1.54) is 6.07 Å². The molecule has 4 rings (SSSR count). The number of hydrogen-bond acceptors (Lipinski definition) is 5. The molecule has 0 saturated carbocycles. The average Bonchev–Trinajstić information content (AvgIpc) is 3.34. The Hall–Kier alpha value is -3.32. The molecule has 1 saturated heterocycles. The van der Waals surface area contributed by atoms with Gasteiger partial charge in [-0.25, -0.2) is 8.42 Å². The van der Waals surface area contributed by atoms with Crippen molar-refractivity contribution in [3.05, 3.63) is 83.1 Å². The quantitative estimate of drug-likeness (QED) is 0.486. The molecule has 3 aromatic rings. The molecule has 1 fully saturated rings. The number of carbonyl (C=O) groups is 1. The second-order valence-corrected chi connectivity index (χ2v) is 10.8. The number of halogens is 1. The van der Waals surface area contributed by atoms with Crippen LogP contribution >= 0.6 is 11.6 Å². The first-order chi connectivity index (χ1) is 17.3. The van der Waals surface area contributed by atoms with Gasteiger partial charge < -0.3 is 14.4 Å². The molecule has 1 atom stereocenters. The summed E-state index contributed by atoms with van der Waals surface area (Å²) in [6, 6.07) is 19.4. The fourth-order valence-electron chi connectivity index (χ4n) is 4.46. The van der Waals surface area contributed by atoms with Gasteiger partial charge in [-0.1, -0.05) is 41.9 Å². The molecule has 2 aromatic carbocycles. The van der Waals surface area contributed by atoms with Crippen LogP contribution < -0.4 is 9.62 Å². The van der Waals surface area contributed by atoms with Gasteiger partial charge in [0.25, 0.3) is 0 Å². The van der Waals surface area contributed by atoms with Gasteiger partial charge in [0.05, 0.1) is 5.02 Å². The number of sulfonamides is 1. The minimum Gasteiger partial charge on any atom is -0.368 e. The zero-order valence-corrected chi connectivity index (χ0v) is 21.5. The van der Waals surface area contributed by atoms with Gasteiger partial charge in [0, 0.05) is 44.6 Å². The lowest BCUT2D eigenvalue weighted by molar-refractivity contribution is -0.133. The molecule has 1 N–H and O–H groups in total. The van der Waals surface area contributed by atoms with Crippen LogP contribution in [0.3, 0.4) is 0 Å². The minimum atomic E-state index is -4.08. The van der Waals surface area contributed by atoms with Gasteiger partial charge in [-0.3, -0.25) is 4.79 Å². The lowest BCUT2D eigenvalue weighted by Gasteiger charge is -2.37. The number of amides is 1. The number of carbonyl (C=O) groups excluding carboxylic acids is 1. The van der Waals surface area contributed by atoms with E-state index in [9.17, 15) is 18.5 Å². The maximum Gasteiger partial charge on any atom is 0.243 e. The highest BCUT2D eigenvalue weighted by Crippen LogP contribution is 2.25. The van der Waals surface area contributed by atoms with Gasteiger partial charge in [0.1, 0.15) is 22.7 Å². The van der Waals surface area contributed by atoms with Crippen LogP contribution in [0.1, 0.15) is 17.7 Å². The highest BCUT2D eigenvalue weighted by atomic mass is 35.5. The molecular weight excluding hydrogens is 498 g/mol. The Balaban J connectivity index is 1.53. The molecule has 0 bridgehead atoms. The molecule has 0 aliphatic carbocycles. The molecule has 1 aliphatic heterocycles. The van der Waals surface area contributed by atoms with Gasteiger partial charge in [-0.05, 0) is 49.2 Å². The van der Waals surface area contributed by atoms with Crippen LogP contribution in [-0.2, 0) is 21.4 Å². The lowest BCUT2D eigenvalue weighted by Crippen LogP contribution is -2.55. The van der Waals surface area contributed by atoms with Gasteiger partial charge in [0.15, 0.2) is 0 Å². The number of rotatable bonds is 8. The van der Waals surface area contributed by atoms with Crippen molar-refractivity contribution >= 4 is 33.2 Å². The first-order valence-electron chi connectivity index (χ1n) is 11.7. The average molecular weight is 526 g/mol. The Morgan fingerprint density at radius 1 is 1.06 bits per heavy atom. The predicted molar refractivity (Wildman–Crippen MR) is 139 cm³/mol. The normalized spacial score (nSPS) is 14.9. The standard InChI is InChI=1S/C26H28ClN5O3S/c1-20-7-5-11-23(27)25(20)36(34,35)29-24(12-14-30-13-6-10-22(30)19-28)26(33)32-17-15-31(16-18-32)21-8-3-2-4-9-21/h2-11,13,24,29H,12,14-18H2,1H3. The highest BCUT2D eigenvalue weighted by molar-refractivity contribution is 7.89. The number of nitrogens with zero attached hydrogens (tertiary/aromatic N) is 4. The van der Waals surface area contributed by atoms with E-state index in [1.54, 1.807) is 46.9 Å². The number of hydrogen-bond donors (Lipinski definition) is 1. The Kier molecular flexibility index (Phi) is 7.99. The molecule has 188 valence electrons. The topological polar surface area (TPSA) is 98.4 Å². The molecule has 1 aromatic heterocycles. The van der Waals surface area contributed by atoms with E-state index < -0.39 is 16.1 Å². The lowest BCUT2D eigenvalue weighted by atomic mass is 10.1. The number of nitrogens with one attached hydrogen (secondary N) is 1. The van der Waals surface area contributed by atoms with Gasteiger partial charge >= 0.3 is 0 Å². The van der Waals surface area contributed by atoms with Gasteiger partial charge in [-0.2, -0.15) is 9.98 Å². The smallest absolute Gasteiger partial charge is 0.243 e. The third-order valence-electron chi connectivity index (χ3n) is 6.34. The second kappa shape index (κ2) is 11.2. The number of anilines is 1. The Bertz CT molecular complexity index is 1340. The largest absolute Gasteiger partial charge is 0.368 e. The van der Waals surface area contributed by atoms with Crippen molar-refractivity contribution in [1.29, 1.82) is 5.26 Å². The van der Waals surface area contributed by atoms with E-state index in [0.717, 1.165) is 5.69 Å². The zero-order valence-electron chi connectivity index (χ0n) is 20.0. The monoisotopic (exact) mass is 525 g/mol. The molecule has 36 heavy (non-hydrogen) atoms. The number of piperazine rings is 1. The number of benzene rings is 2.